The zero-order valence-corrected chi connectivity index (χ0v) is 11.7. The molecule has 1 aliphatic heterocycles. The fourth-order valence-electron chi connectivity index (χ4n) is 1.80. The molecule has 18 heavy (non-hydrogen) atoms. The summed E-state index contributed by atoms with van der Waals surface area (Å²) in [5, 5.41) is 6.07. The van der Waals surface area contributed by atoms with E-state index < -0.39 is 5.41 Å². The van der Waals surface area contributed by atoms with Crippen molar-refractivity contribution in [1.29, 1.82) is 0 Å². The summed E-state index contributed by atoms with van der Waals surface area (Å²) in [5.74, 6) is 0.126. The minimum atomic E-state index is -0.393. The molecule has 1 saturated heterocycles. The van der Waals surface area contributed by atoms with Crippen LogP contribution in [-0.2, 0) is 9.59 Å². The smallest absolute Gasteiger partial charge is 0.225 e. The molecular formula is C13H25N3O2. The number of hydrogen-bond acceptors (Lipinski definition) is 3. The maximum atomic E-state index is 11.9. The normalized spacial score (nSPS) is 17.2. The van der Waals surface area contributed by atoms with E-state index in [1.165, 1.54) is 0 Å². The van der Waals surface area contributed by atoms with Crippen molar-refractivity contribution >= 4 is 11.8 Å². The van der Waals surface area contributed by atoms with Crippen LogP contribution in [0.5, 0.6) is 0 Å². The van der Waals surface area contributed by atoms with E-state index in [9.17, 15) is 9.59 Å². The van der Waals surface area contributed by atoms with Gasteiger partial charge in [-0.05, 0) is 13.0 Å². The molecule has 0 aliphatic carbocycles. The second kappa shape index (κ2) is 6.73. The molecule has 1 heterocycles. The first kappa shape index (κ1) is 15.0. The van der Waals surface area contributed by atoms with Crippen molar-refractivity contribution in [3.63, 3.8) is 0 Å². The van der Waals surface area contributed by atoms with Gasteiger partial charge in [0.05, 0.1) is 0 Å². The van der Waals surface area contributed by atoms with E-state index in [0.29, 0.717) is 13.0 Å². The van der Waals surface area contributed by atoms with Crippen molar-refractivity contribution in [2.75, 3.05) is 32.7 Å². The number of amides is 2. The summed E-state index contributed by atoms with van der Waals surface area (Å²) < 4.78 is 0. The molecule has 104 valence electrons. The second-order valence-electron chi connectivity index (χ2n) is 5.74. The number of hydrogen-bond donors (Lipinski definition) is 2. The van der Waals surface area contributed by atoms with Crippen LogP contribution in [0.25, 0.3) is 0 Å². The molecule has 0 bridgehead atoms. The Labute approximate surface area is 109 Å². The zero-order valence-electron chi connectivity index (χ0n) is 11.7. The van der Waals surface area contributed by atoms with Crippen molar-refractivity contribution in [3.8, 4) is 0 Å². The Morgan fingerprint density at radius 3 is 2.61 bits per heavy atom. The van der Waals surface area contributed by atoms with Gasteiger partial charge in [-0.15, -0.1) is 0 Å². The highest BCUT2D eigenvalue weighted by molar-refractivity contribution is 5.82. The molecule has 2 N–H and O–H groups in total. The van der Waals surface area contributed by atoms with Gasteiger partial charge < -0.3 is 15.5 Å². The van der Waals surface area contributed by atoms with Crippen molar-refractivity contribution < 1.29 is 9.59 Å². The molecule has 0 radical (unpaired) electrons. The van der Waals surface area contributed by atoms with Gasteiger partial charge in [-0.25, -0.2) is 0 Å². The number of nitrogens with zero attached hydrogens (tertiary/aromatic N) is 1. The molecule has 0 aromatic heterocycles. The van der Waals surface area contributed by atoms with Crippen LogP contribution in [0, 0.1) is 5.41 Å². The summed E-state index contributed by atoms with van der Waals surface area (Å²) in [6.45, 7) is 9.45. The average Bonchev–Trinajstić information content (AvgIpc) is 2.55. The SMILES string of the molecule is CC(C)(C)C(=O)NCCC(=O)N1CCCNCC1. The van der Waals surface area contributed by atoms with E-state index in [4.69, 9.17) is 0 Å². The number of carbonyl (C=O) groups excluding carboxylic acids is 2. The Morgan fingerprint density at radius 1 is 1.22 bits per heavy atom. The van der Waals surface area contributed by atoms with Gasteiger partial charge in [-0.3, -0.25) is 9.59 Å². The van der Waals surface area contributed by atoms with E-state index in [1.54, 1.807) is 0 Å². The molecule has 1 aliphatic rings. The van der Waals surface area contributed by atoms with Gasteiger partial charge in [-0.1, -0.05) is 20.8 Å². The monoisotopic (exact) mass is 255 g/mol. The molecule has 0 atom stereocenters. The lowest BCUT2D eigenvalue weighted by Gasteiger charge is -2.21. The van der Waals surface area contributed by atoms with Gasteiger partial charge in [0, 0.05) is 38.0 Å². The highest BCUT2D eigenvalue weighted by Gasteiger charge is 2.21. The van der Waals surface area contributed by atoms with Crippen molar-refractivity contribution in [3.05, 3.63) is 0 Å². The summed E-state index contributed by atoms with van der Waals surface area (Å²) in [5.41, 5.74) is -0.393. The third-order valence-corrected chi connectivity index (χ3v) is 3.00. The van der Waals surface area contributed by atoms with E-state index in [2.05, 4.69) is 10.6 Å². The molecule has 1 rings (SSSR count). The van der Waals surface area contributed by atoms with Gasteiger partial charge in [0.1, 0.15) is 0 Å². The van der Waals surface area contributed by atoms with Crippen LogP contribution in [-0.4, -0.2) is 49.4 Å². The molecule has 5 heteroatoms. The lowest BCUT2D eigenvalue weighted by Crippen LogP contribution is -2.39. The highest BCUT2D eigenvalue weighted by Crippen LogP contribution is 2.12. The molecule has 0 aromatic rings. The minimum Gasteiger partial charge on any atom is -0.355 e. The third kappa shape index (κ3) is 5.04. The maximum Gasteiger partial charge on any atom is 0.225 e. The van der Waals surface area contributed by atoms with Crippen LogP contribution in [0.2, 0.25) is 0 Å². The third-order valence-electron chi connectivity index (χ3n) is 3.00. The fraction of sp³-hybridized carbons (Fsp3) is 0.846. The van der Waals surface area contributed by atoms with Crippen LogP contribution in [0.1, 0.15) is 33.6 Å². The van der Waals surface area contributed by atoms with E-state index in [-0.39, 0.29) is 11.8 Å². The largest absolute Gasteiger partial charge is 0.355 e. The Kier molecular flexibility index (Phi) is 5.59. The van der Waals surface area contributed by atoms with E-state index >= 15 is 0 Å². The summed E-state index contributed by atoms with van der Waals surface area (Å²) in [7, 11) is 0. The molecule has 0 saturated carbocycles. The first-order valence-electron chi connectivity index (χ1n) is 6.68. The quantitative estimate of drug-likeness (QED) is 0.765. The lowest BCUT2D eigenvalue weighted by atomic mass is 9.96. The van der Waals surface area contributed by atoms with Crippen LogP contribution in [0.3, 0.4) is 0 Å². The summed E-state index contributed by atoms with van der Waals surface area (Å²) in [4.78, 5) is 25.4. The molecule has 1 fully saturated rings. The molecular weight excluding hydrogens is 230 g/mol. The topological polar surface area (TPSA) is 61.4 Å². The summed E-state index contributed by atoms with van der Waals surface area (Å²) in [6, 6.07) is 0. The molecule has 2 amide bonds. The van der Waals surface area contributed by atoms with Crippen molar-refractivity contribution in [1.82, 2.24) is 15.5 Å². The van der Waals surface area contributed by atoms with Gasteiger partial charge in [0.25, 0.3) is 0 Å². The van der Waals surface area contributed by atoms with Crippen LogP contribution < -0.4 is 10.6 Å². The lowest BCUT2D eigenvalue weighted by molar-refractivity contribution is -0.131. The fourth-order valence-corrected chi connectivity index (χ4v) is 1.80. The second-order valence-corrected chi connectivity index (χ2v) is 5.74. The van der Waals surface area contributed by atoms with E-state index in [1.807, 2.05) is 25.7 Å². The zero-order chi connectivity index (χ0) is 13.6. The number of carbonyl (C=O) groups is 2. The standard InChI is InChI=1S/C13H25N3O2/c1-13(2,3)12(18)15-7-5-11(17)16-9-4-6-14-8-10-16/h14H,4-10H2,1-3H3,(H,15,18). The highest BCUT2D eigenvalue weighted by atomic mass is 16.2. The maximum absolute atomic E-state index is 11.9. The van der Waals surface area contributed by atoms with Gasteiger partial charge in [0.15, 0.2) is 0 Å². The Bertz CT molecular complexity index is 289. The van der Waals surface area contributed by atoms with E-state index in [0.717, 1.165) is 32.6 Å². The van der Waals surface area contributed by atoms with Crippen molar-refractivity contribution in [2.45, 2.75) is 33.6 Å². The van der Waals surface area contributed by atoms with Crippen LogP contribution in [0.15, 0.2) is 0 Å². The van der Waals surface area contributed by atoms with Crippen LogP contribution in [0.4, 0.5) is 0 Å². The van der Waals surface area contributed by atoms with Gasteiger partial charge in [-0.2, -0.15) is 0 Å². The molecule has 0 unspecified atom stereocenters. The van der Waals surface area contributed by atoms with Crippen LogP contribution >= 0.6 is 0 Å². The predicted molar refractivity (Wildman–Crippen MR) is 71.1 cm³/mol. The molecule has 0 spiro atoms. The first-order valence-corrected chi connectivity index (χ1v) is 6.68. The van der Waals surface area contributed by atoms with Crippen molar-refractivity contribution in [2.24, 2.45) is 5.41 Å². The number of nitrogens with one attached hydrogen (secondary N) is 2. The average molecular weight is 255 g/mol. The Morgan fingerprint density at radius 2 is 1.94 bits per heavy atom. The Balaban J connectivity index is 2.26. The number of rotatable bonds is 3. The predicted octanol–water partition coefficient (Wildman–Crippen LogP) is 0.361. The minimum absolute atomic E-state index is 0.00664. The van der Waals surface area contributed by atoms with Gasteiger partial charge in [0.2, 0.25) is 11.8 Å². The Hall–Kier alpha value is -1.10. The summed E-state index contributed by atoms with van der Waals surface area (Å²) in [6.07, 6.45) is 1.39. The first-order chi connectivity index (χ1) is 8.41. The van der Waals surface area contributed by atoms with Gasteiger partial charge >= 0.3 is 0 Å². The molecule has 5 nitrogen and oxygen atoms in total. The molecule has 0 aromatic carbocycles. The summed E-state index contributed by atoms with van der Waals surface area (Å²) >= 11 is 0.